The maximum Gasteiger partial charge on any atom is 0.239 e. The van der Waals surface area contributed by atoms with Gasteiger partial charge in [-0.25, -0.2) is 4.98 Å². The van der Waals surface area contributed by atoms with E-state index in [4.69, 9.17) is 5.73 Å². The fourth-order valence-electron chi connectivity index (χ4n) is 0.461. The lowest BCUT2D eigenvalue weighted by Gasteiger charge is -1.86. The second-order valence-corrected chi connectivity index (χ2v) is 1.46. The summed E-state index contributed by atoms with van der Waals surface area (Å²) in [6.45, 7) is 2.80. The molecular formula is C4H8N4. The van der Waals surface area contributed by atoms with Crippen LogP contribution < -0.4 is 5.73 Å². The number of nitrogens with two attached hydrogens (primary N) is 1. The van der Waals surface area contributed by atoms with E-state index in [0.29, 0.717) is 5.95 Å². The van der Waals surface area contributed by atoms with Crippen LogP contribution in [0.2, 0.25) is 0 Å². The highest BCUT2D eigenvalue weighted by Gasteiger charge is 1.88. The highest BCUT2D eigenvalue weighted by atomic mass is 15.3. The van der Waals surface area contributed by atoms with Crippen LogP contribution in [0.25, 0.3) is 0 Å². The highest BCUT2D eigenvalue weighted by molar-refractivity contribution is 5.08. The molecule has 1 heterocycles. The van der Waals surface area contributed by atoms with E-state index in [1.165, 1.54) is 0 Å². The van der Waals surface area contributed by atoms with Crippen molar-refractivity contribution >= 4 is 5.95 Å². The molecule has 8 heavy (non-hydrogen) atoms. The summed E-state index contributed by atoms with van der Waals surface area (Å²) in [5.41, 5.74) is 5.21. The van der Waals surface area contributed by atoms with Gasteiger partial charge in [-0.1, -0.05) is 0 Å². The van der Waals surface area contributed by atoms with Crippen LogP contribution in [0.4, 0.5) is 5.95 Å². The van der Waals surface area contributed by atoms with Gasteiger partial charge in [-0.15, -0.1) is 5.10 Å². The van der Waals surface area contributed by atoms with E-state index in [1.807, 2.05) is 6.92 Å². The largest absolute Gasteiger partial charge is 0.367 e. The third-order valence-corrected chi connectivity index (χ3v) is 0.878. The van der Waals surface area contributed by atoms with Crippen molar-refractivity contribution < 1.29 is 0 Å². The molecule has 0 bridgehead atoms. The van der Waals surface area contributed by atoms with Crippen LogP contribution >= 0.6 is 0 Å². The lowest BCUT2D eigenvalue weighted by Crippen LogP contribution is -1.95. The van der Waals surface area contributed by atoms with Gasteiger partial charge >= 0.3 is 0 Å². The van der Waals surface area contributed by atoms with Gasteiger partial charge in [-0.3, -0.25) is 4.68 Å². The van der Waals surface area contributed by atoms with Gasteiger partial charge in [0.1, 0.15) is 6.33 Å². The minimum atomic E-state index is 0.340. The van der Waals surface area contributed by atoms with Gasteiger partial charge in [-0.2, -0.15) is 0 Å². The Balaban J connectivity index is 2.84. The molecule has 0 atom stereocenters. The van der Waals surface area contributed by atoms with Crippen molar-refractivity contribution in [3.05, 3.63) is 6.33 Å². The van der Waals surface area contributed by atoms with Crippen molar-refractivity contribution in [1.82, 2.24) is 14.8 Å². The molecule has 0 aliphatic heterocycles. The first-order valence-corrected chi connectivity index (χ1v) is 2.48. The average Bonchev–Trinajstić information content (AvgIpc) is 2.14. The SMILES string of the molecule is CCn1cnc(N)n1. The van der Waals surface area contributed by atoms with E-state index in [1.54, 1.807) is 11.0 Å². The molecule has 0 unspecified atom stereocenters. The van der Waals surface area contributed by atoms with Crippen molar-refractivity contribution in [2.24, 2.45) is 0 Å². The minimum Gasteiger partial charge on any atom is -0.367 e. The normalized spacial score (nSPS) is 9.62. The number of hydrogen-bond donors (Lipinski definition) is 1. The van der Waals surface area contributed by atoms with Gasteiger partial charge in [0.05, 0.1) is 0 Å². The summed E-state index contributed by atoms with van der Waals surface area (Å²) in [7, 11) is 0. The maximum absolute atomic E-state index is 5.21. The van der Waals surface area contributed by atoms with Gasteiger partial charge in [0.2, 0.25) is 5.95 Å². The molecule has 0 saturated heterocycles. The van der Waals surface area contributed by atoms with Gasteiger partial charge in [0.15, 0.2) is 0 Å². The Morgan fingerprint density at radius 2 is 2.62 bits per heavy atom. The minimum absolute atomic E-state index is 0.340. The molecule has 0 amide bonds. The Morgan fingerprint density at radius 3 is 2.88 bits per heavy atom. The molecule has 44 valence electrons. The molecule has 4 nitrogen and oxygen atoms in total. The quantitative estimate of drug-likeness (QED) is 0.551. The molecule has 1 rings (SSSR count). The van der Waals surface area contributed by atoms with Crippen molar-refractivity contribution in [2.75, 3.05) is 5.73 Å². The molecule has 2 N–H and O–H groups in total. The van der Waals surface area contributed by atoms with E-state index in [0.717, 1.165) is 6.54 Å². The fraction of sp³-hybridized carbons (Fsp3) is 0.500. The summed E-state index contributed by atoms with van der Waals surface area (Å²) >= 11 is 0. The third kappa shape index (κ3) is 0.776. The first-order valence-electron chi connectivity index (χ1n) is 2.48. The van der Waals surface area contributed by atoms with Gasteiger partial charge in [-0.05, 0) is 6.92 Å². The smallest absolute Gasteiger partial charge is 0.239 e. The maximum atomic E-state index is 5.21. The standard InChI is InChI=1S/C4H8N4/c1-2-8-3-6-4(5)7-8/h3H,2H2,1H3,(H2,5,7). The second kappa shape index (κ2) is 1.81. The number of rotatable bonds is 1. The Morgan fingerprint density at radius 1 is 1.88 bits per heavy atom. The second-order valence-electron chi connectivity index (χ2n) is 1.46. The first-order chi connectivity index (χ1) is 3.83. The predicted octanol–water partition coefficient (Wildman–Crippen LogP) is -0.120. The fourth-order valence-corrected chi connectivity index (χ4v) is 0.461. The van der Waals surface area contributed by atoms with E-state index in [2.05, 4.69) is 10.1 Å². The van der Waals surface area contributed by atoms with Crippen molar-refractivity contribution in [1.29, 1.82) is 0 Å². The van der Waals surface area contributed by atoms with Crippen molar-refractivity contribution in [3.8, 4) is 0 Å². The summed E-state index contributed by atoms with van der Waals surface area (Å²) in [6.07, 6.45) is 1.61. The predicted molar refractivity (Wildman–Crippen MR) is 30.1 cm³/mol. The van der Waals surface area contributed by atoms with Gasteiger partial charge in [0.25, 0.3) is 0 Å². The van der Waals surface area contributed by atoms with Crippen LogP contribution in [0.1, 0.15) is 6.92 Å². The lowest BCUT2D eigenvalue weighted by atomic mass is 10.8. The van der Waals surface area contributed by atoms with E-state index in [9.17, 15) is 0 Å². The van der Waals surface area contributed by atoms with Crippen molar-refractivity contribution in [3.63, 3.8) is 0 Å². The Hall–Kier alpha value is -1.06. The molecule has 0 aliphatic carbocycles. The first kappa shape index (κ1) is 5.08. The number of nitrogen functional groups attached to an aromatic ring is 1. The van der Waals surface area contributed by atoms with Crippen molar-refractivity contribution in [2.45, 2.75) is 13.5 Å². The highest BCUT2D eigenvalue weighted by Crippen LogP contribution is 1.86. The Bertz CT molecular complexity index is 168. The van der Waals surface area contributed by atoms with Gasteiger partial charge < -0.3 is 5.73 Å². The Labute approximate surface area is 47.3 Å². The summed E-state index contributed by atoms with van der Waals surface area (Å²) in [6, 6.07) is 0. The van der Waals surface area contributed by atoms with Crippen LogP contribution in [0.15, 0.2) is 6.33 Å². The number of aryl methyl sites for hydroxylation is 1. The average molecular weight is 112 g/mol. The molecule has 1 aromatic rings. The summed E-state index contributed by atoms with van der Waals surface area (Å²) < 4.78 is 1.68. The van der Waals surface area contributed by atoms with Crippen LogP contribution in [0, 0.1) is 0 Å². The van der Waals surface area contributed by atoms with E-state index in [-0.39, 0.29) is 0 Å². The zero-order chi connectivity index (χ0) is 5.98. The number of aromatic nitrogens is 3. The number of nitrogens with zero attached hydrogens (tertiary/aromatic N) is 3. The third-order valence-electron chi connectivity index (χ3n) is 0.878. The molecule has 4 heteroatoms. The van der Waals surface area contributed by atoms with Crippen LogP contribution in [-0.2, 0) is 6.54 Å². The summed E-state index contributed by atoms with van der Waals surface area (Å²) in [4.78, 5) is 3.72. The zero-order valence-electron chi connectivity index (χ0n) is 4.70. The molecule has 1 aromatic heterocycles. The summed E-state index contributed by atoms with van der Waals surface area (Å²) in [5.74, 6) is 0.340. The summed E-state index contributed by atoms with van der Waals surface area (Å²) in [5, 5.41) is 3.81. The molecular weight excluding hydrogens is 104 g/mol. The number of anilines is 1. The topological polar surface area (TPSA) is 56.7 Å². The molecule has 0 radical (unpaired) electrons. The molecule has 0 aromatic carbocycles. The van der Waals surface area contributed by atoms with Crippen LogP contribution in [-0.4, -0.2) is 14.8 Å². The van der Waals surface area contributed by atoms with E-state index >= 15 is 0 Å². The molecule has 0 aliphatic rings. The van der Waals surface area contributed by atoms with Gasteiger partial charge in [0, 0.05) is 6.54 Å². The molecule has 0 saturated carbocycles. The van der Waals surface area contributed by atoms with E-state index < -0.39 is 0 Å². The Kier molecular flexibility index (Phi) is 1.15. The number of hydrogen-bond acceptors (Lipinski definition) is 3. The molecule has 0 spiro atoms. The van der Waals surface area contributed by atoms with Crippen LogP contribution in [0.3, 0.4) is 0 Å². The van der Waals surface area contributed by atoms with Crippen LogP contribution in [0.5, 0.6) is 0 Å². The monoisotopic (exact) mass is 112 g/mol. The zero-order valence-corrected chi connectivity index (χ0v) is 4.70. The lowest BCUT2D eigenvalue weighted by molar-refractivity contribution is 0.660. The molecule has 0 fully saturated rings.